The number of nitrogens with zero attached hydrogens (tertiary/aromatic N) is 1. The van der Waals surface area contributed by atoms with Crippen LogP contribution in [0, 0.1) is 0 Å². The van der Waals surface area contributed by atoms with E-state index >= 15 is 0 Å². The molecule has 0 radical (unpaired) electrons. The van der Waals surface area contributed by atoms with E-state index < -0.39 is 0 Å². The van der Waals surface area contributed by atoms with Gasteiger partial charge in [-0.3, -0.25) is 0 Å². The average molecular weight is 284 g/mol. The van der Waals surface area contributed by atoms with Crippen LogP contribution in [-0.4, -0.2) is 29.1 Å². The lowest BCUT2D eigenvalue weighted by molar-refractivity contribution is 0.180. The number of phenols is 1. The number of aryl methyl sites for hydroxylation is 1. The second kappa shape index (κ2) is 7.76. The molecule has 0 aliphatic heterocycles. The molecule has 108 valence electrons. The van der Waals surface area contributed by atoms with Gasteiger partial charge < -0.3 is 10.0 Å². The van der Waals surface area contributed by atoms with Gasteiger partial charge in [0.15, 0.2) is 0 Å². The van der Waals surface area contributed by atoms with Gasteiger partial charge in [-0.05, 0) is 68.5 Å². The van der Waals surface area contributed by atoms with Crippen LogP contribution < -0.4 is 0 Å². The first kappa shape index (κ1) is 16.3. The van der Waals surface area contributed by atoms with E-state index in [1.807, 2.05) is 12.1 Å². The zero-order valence-electron chi connectivity index (χ0n) is 12.1. The highest BCUT2D eigenvalue weighted by atomic mass is 35.5. The highest BCUT2D eigenvalue weighted by molar-refractivity contribution is 5.85. The zero-order chi connectivity index (χ0) is 13.0. The van der Waals surface area contributed by atoms with Crippen molar-refractivity contribution in [2.45, 2.75) is 52.0 Å². The van der Waals surface area contributed by atoms with Gasteiger partial charge in [0.25, 0.3) is 0 Å². The summed E-state index contributed by atoms with van der Waals surface area (Å²) in [7, 11) is 0. The number of halogens is 1. The van der Waals surface area contributed by atoms with E-state index in [0.717, 1.165) is 12.8 Å². The molecule has 0 saturated carbocycles. The predicted octanol–water partition coefficient (Wildman–Crippen LogP) is 3.79. The maximum Gasteiger partial charge on any atom is 0.115 e. The highest BCUT2D eigenvalue weighted by Gasteiger charge is 2.23. The Hall–Kier alpha value is -0.730. The largest absolute Gasteiger partial charge is 0.508 e. The van der Waals surface area contributed by atoms with Gasteiger partial charge in [0, 0.05) is 6.04 Å². The molecule has 19 heavy (non-hydrogen) atoms. The van der Waals surface area contributed by atoms with Crippen LogP contribution in [0.2, 0.25) is 0 Å². The van der Waals surface area contributed by atoms with Gasteiger partial charge in [-0.2, -0.15) is 0 Å². The lowest BCUT2D eigenvalue weighted by Gasteiger charge is -2.35. The fraction of sp³-hybridized carbons (Fsp3) is 0.625. The van der Waals surface area contributed by atoms with Crippen LogP contribution in [-0.2, 0) is 12.8 Å². The van der Waals surface area contributed by atoms with Crippen LogP contribution in [0.25, 0.3) is 0 Å². The molecule has 0 saturated heterocycles. The van der Waals surface area contributed by atoms with E-state index in [1.54, 1.807) is 0 Å². The Balaban J connectivity index is 0.00000180. The van der Waals surface area contributed by atoms with Crippen molar-refractivity contribution in [3.8, 4) is 5.75 Å². The first-order chi connectivity index (χ1) is 8.74. The van der Waals surface area contributed by atoms with E-state index in [0.29, 0.717) is 11.8 Å². The van der Waals surface area contributed by atoms with Gasteiger partial charge in [0.2, 0.25) is 0 Å². The van der Waals surface area contributed by atoms with Crippen LogP contribution >= 0.6 is 12.4 Å². The Morgan fingerprint density at radius 2 is 1.84 bits per heavy atom. The van der Waals surface area contributed by atoms with E-state index in [1.165, 1.54) is 43.5 Å². The van der Waals surface area contributed by atoms with Crippen molar-refractivity contribution in [1.29, 1.82) is 0 Å². The summed E-state index contributed by atoms with van der Waals surface area (Å²) in [6, 6.07) is 6.52. The van der Waals surface area contributed by atoms with E-state index in [4.69, 9.17) is 0 Å². The lowest BCUT2D eigenvalue weighted by atomic mass is 9.87. The molecular weight excluding hydrogens is 258 g/mol. The number of hydrogen-bond donors (Lipinski definition) is 1. The summed E-state index contributed by atoms with van der Waals surface area (Å²) in [4.78, 5) is 2.63. The van der Waals surface area contributed by atoms with E-state index in [2.05, 4.69) is 24.8 Å². The minimum absolute atomic E-state index is 0. The van der Waals surface area contributed by atoms with Crippen LogP contribution in [0.5, 0.6) is 5.75 Å². The van der Waals surface area contributed by atoms with Gasteiger partial charge >= 0.3 is 0 Å². The van der Waals surface area contributed by atoms with Gasteiger partial charge in [0.05, 0.1) is 0 Å². The van der Waals surface area contributed by atoms with Gasteiger partial charge in [-0.1, -0.05) is 19.9 Å². The molecule has 1 atom stereocenters. The fourth-order valence-corrected chi connectivity index (χ4v) is 3.09. The first-order valence-corrected chi connectivity index (χ1v) is 7.29. The second-order valence-electron chi connectivity index (χ2n) is 5.39. The third kappa shape index (κ3) is 4.12. The van der Waals surface area contributed by atoms with Crippen molar-refractivity contribution in [3.63, 3.8) is 0 Å². The van der Waals surface area contributed by atoms with Crippen molar-refractivity contribution in [1.82, 2.24) is 4.90 Å². The maximum absolute atomic E-state index is 9.61. The summed E-state index contributed by atoms with van der Waals surface area (Å²) in [6.07, 6.45) is 5.97. The number of hydrogen-bond acceptors (Lipinski definition) is 2. The normalized spacial score (nSPS) is 17.9. The van der Waals surface area contributed by atoms with Crippen LogP contribution in [0.15, 0.2) is 18.2 Å². The topological polar surface area (TPSA) is 23.5 Å². The van der Waals surface area contributed by atoms with Crippen LogP contribution in [0.1, 0.15) is 44.2 Å². The van der Waals surface area contributed by atoms with Gasteiger partial charge in [0.1, 0.15) is 5.75 Å². The Morgan fingerprint density at radius 1 is 1.16 bits per heavy atom. The van der Waals surface area contributed by atoms with Crippen molar-refractivity contribution >= 4 is 12.4 Å². The first-order valence-electron chi connectivity index (χ1n) is 7.29. The maximum atomic E-state index is 9.61. The monoisotopic (exact) mass is 283 g/mol. The molecule has 3 heteroatoms. The summed E-state index contributed by atoms with van der Waals surface area (Å²) in [5.74, 6) is 0.409. The Bertz CT molecular complexity index is 388. The molecule has 0 bridgehead atoms. The Labute approximate surface area is 123 Å². The molecule has 2 nitrogen and oxygen atoms in total. The fourth-order valence-electron chi connectivity index (χ4n) is 3.09. The van der Waals surface area contributed by atoms with Crippen molar-refractivity contribution in [2.75, 3.05) is 13.1 Å². The number of rotatable bonds is 5. The number of aromatic hydroxyl groups is 1. The highest BCUT2D eigenvalue weighted by Crippen LogP contribution is 2.27. The molecule has 1 N–H and O–H groups in total. The SMILES string of the molecule is CCCN(CCC)C1CCc2ccc(O)cc2C1.Cl. The Morgan fingerprint density at radius 3 is 2.47 bits per heavy atom. The molecule has 0 fully saturated rings. The average Bonchev–Trinajstić information content (AvgIpc) is 2.37. The molecule has 0 spiro atoms. The van der Waals surface area contributed by atoms with Crippen molar-refractivity contribution < 1.29 is 5.11 Å². The molecule has 1 aliphatic carbocycles. The quantitative estimate of drug-likeness (QED) is 0.889. The van der Waals surface area contributed by atoms with E-state index in [9.17, 15) is 5.11 Å². The second-order valence-corrected chi connectivity index (χ2v) is 5.39. The molecule has 0 aromatic heterocycles. The summed E-state index contributed by atoms with van der Waals surface area (Å²) in [5.41, 5.74) is 2.78. The lowest BCUT2D eigenvalue weighted by Crippen LogP contribution is -2.40. The third-order valence-corrected chi connectivity index (χ3v) is 3.93. The minimum atomic E-state index is 0. The van der Waals surface area contributed by atoms with Crippen molar-refractivity contribution in [2.24, 2.45) is 0 Å². The molecule has 2 rings (SSSR count). The Kier molecular flexibility index (Phi) is 6.67. The molecule has 1 aliphatic rings. The molecule has 1 aromatic rings. The van der Waals surface area contributed by atoms with Crippen LogP contribution in [0.4, 0.5) is 0 Å². The summed E-state index contributed by atoms with van der Waals surface area (Å²) >= 11 is 0. The summed E-state index contributed by atoms with van der Waals surface area (Å²) < 4.78 is 0. The van der Waals surface area contributed by atoms with Crippen LogP contribution in [0.3, 0.4) is 0 Å². The van der Waals surface area contributed by atoms with Crippen molar-refractivity contribution in [3.05, 3.63) is 29.3 Å². The standard InChI is InChI=1S/C16H25NO.ClH/c1-3-9-17(10-4-2)15-7-5-13-6-8-16(18)12-14(13)11-15;/h6,8,12,15,18H,3-5,7,9-11H2,1-2H3;1H. The summed E-state index contributed by atoms with van der Waals surface area (Å²) in [6.45, 7) is 6.91. The number of phenolic OH excluding ortho intramolecular Hbond substituents is 1. The zero-order valence-corrected chi connectivity index (χ0v) is 12.9. The molecule has 0 amide bonds. The summed E-state index contributed by atoms with van der Waals surface area (Å²) in [5, 5.41) is 9.61. The number of fused-ring (bicyclic) bond motifs is 1. The minimum Gasteiger partial charge on any atom is -0.508 e. The van der Waals surface area contributed by atoms with Gasteiger partial charge in [-0.15, -0.1) is 12.4 Å². The molecule has 1 aromatic carbocycles. The number of benzene rings is 1. The van der Waals surface area contributed by atoms with E-state index in [-0.39, 0.29) is 12.4 Å². The molecule has 1 unspecified atom stereocenters. The smallest absolute Gasteiger partial charge is 0.115 e. The predicted molar refractivity (Wildman–Crippen MR) is 83.3 cm³/mol. The molecular formula is C16H26ClNO. The van der Waals surface area contributed by atoms with Gasteiger partial charge in [-0.25, -0.2) is 0 Å². The molecule has 0 heterocycles. The third-order valence-electron chi connectivity index (χ3n) is 3.93.